The fourth-order valence-corrected chi connectivity index (χ4v) is 1.87. The molecule has 1 amide bonds. The van der Waals surface area contributed by atoms with E-state index in [1.54, 1.807) is 13.8 Å². The Hall–Kier alpha value is -3.70. The minimum Gasteiger partial charge on any atom is -0.390 e. The van der Waals surface area contributed by atoms with E-state index in [0.717, 1.165) is 6.07 Å². The monoisotopic (exact) mass is 347 g/mol. The van der Waals surface area contributed by atoms with E-state index in [4.69, 9.17) is 0 Å². The Morgan fingerprint density at radius 2 is 2.04 bits per heavy atom. The number of carbonyl (C=O) groups excluding carboxylic acids is 1. The average Bonchev–Trinajstić information content (AvgIpc) is 3.01. The number of amides is 1. The van der Waals surface area contributed by atoms with Gasteiger partial charge in [-0.15, -0.1) is 0 Å². The van der Waals surface area contributed by atoms with Crippen molar-refractivity contribution in [3.63, 3.8) is 0 Å². The standard InChI is InChI=1S/C13H13N7O5/c1-8-3-4-10(5-11(8)19(22)23)12(21)16-15-9(2)6-18-7-14-13(17-18)20(24)25/h3-5,7H,6H2,1-2H3,(H,16,21)/b15-9-. The van der Waals surface area contributed by atoms with E-state index >= 15 is 0 Å². The van der Waals surface area contributed by atoms with Crippen LogP contribution >= 0.6 is 0 Å². The topological polar surface area (TPSA) is 158 Å². The predicted octanol–water partition coefficient (Wildman–Crippen LogP) is 1.21. The molecule has 0 fully saturated rings. The van der Waals surface area contributed by atoms with Crippen molar-refractivity contribution in [3.8, 4) is 0 Å². The molecule has 0 bridgehead atoms. The van der Waals surface area contributed by atoms with E-state index < -0.39 is 21.7 Å². The lowest BCUT2D eigenvalue weighted by Crippen LogP contribution is -2.21. The molecule has 0 saturated carbocycles. The van der Waals surface area contributed by atoms with Gasteiger partial charge in [-0.1, -0.05) is 11.1 Å². The lowest BCUT2D eigenvalue weighted by molar-refractivity contribution is -0.394. The number of rotatable bonds is 6. The van der Waals surface area contributed by atoms with Crippen molar-refractivity contribution < 1.29 is 14.6 Å². The molecule has 12 nitrogen and oxygen atoms in total. The van der Waals surface area contributed by atoms with Crippen LogP contribution in [0.4, 0.5) is 11.6 Å². The average molecular weight is 347 g/mol. The molecule has 1 aromatic carbocycles. The quantitative estimate of drug-likeness (QED) is 0.467. The zero-order valence-corrected chi connectivity index (χ0v) is 13.2. The van der Waals surface area contributed by atoms with E-state index in [1.807, 2.05) is 0 Å². The first-order chi connectivity index (χ1) is 11.8. The molecular formula is C13H13N7O5. The highest BCUT2D eigenvalue weighted by Crippen LogP contribution is 2.19. The van der Waals surface area contributed by atoms with Gasteiger partial charge in [-0.2, -0.15) is 9.78 Å². The van der Waals surface area contributed by atoms with Crippen LogP contribution in [0.15, 0.2) is 29.6 Å². The second-order valence-corrected chi connectivity index (χ2v) is 5.05. The summed E-state index contributed by atoms with van der Waals surface area (Å²) >= 11 is 0. The van der Waals surface area contributed by atoms with Crippen molar-refractivity contribution in [2.45, 2.75) is 20.4 Å². The summed E-state index contributed by atoms with van der Waals surface area (Å²) < 4.78 is 1.19. The van der Waals surface area contributed by atoms with Gasteiger partial charge in [0.15, 0.2) is 0 Å². The van der Waals surface area contributed by atoms with Crippen molar-refractivity contribution in [2.24, 2.45) is 5.10 Å². The number of hydrazone groups is 1. The van der Waals surface area contributed by atoms with Crippen LogP contribution in [-0.4, -0.2) is 36.2 Å². The van der Waals surface area contributed by atoms with E-state index in [2.05, 4.69) is 20.6 Å². The third-order valence-electron chi connectivity index (χ3n) is 3.09. The summed E-state index contributed by atoms with van der Waals surface area (Å²) in [4.78, 5) is 35.6. The smallest absolute Gasteiger partial charge is 0.390 e. The molecule has 0 aliphatic rings. The highest BCUT2D eigenvalue weighted by atomic mass is 16.6. The summed E-state index contributed by atoms with van der Waals surface area (Å²) in [5, 5.41) is 28.9. The van der Waals surface area contributed by atoms with Gasteiger partial charge in [0.25, 0.3) is 11.6 Å². The molecule has 0 radical (unpaired) electrons. The molecule has 0 saturated heterocycles. The maximum absolute atomic E-state index is 12.0. The maximum Gasteiger partial charge on any atom is 0.490 e. The van der Waals surface area contributed by atoms with Crippen LogP contribution in [-0.2, 0) is 6.54 Å². The van der Waals surface area contributed by atoms with E-state index in [1.165, 1.54) is 23.1 Å². The number of nitro benzene ring substituents is 1. The van der Waals surface area contributed by atoms with Gasteiger partial charge in [0, 0.05) is 22.3 Å². The molecule has 0 aliphatic carbocycles. The van der Waals surface area contributed by atoms with Crippen LogP contribution in [0.25, 0.3) is 0 Å². The number of nitrogens with one attached hydrogen (secondary N) is 1. The number of aryl methyl sites for hydroxylation is 1. The first-order valence-corrected chi connectivity index (χ1v) is 6.90. The van der Waals surface area contributed by atoms with Crippen LogP contribution in [0.5, 0.6) is 0 Å². The summed E-state index contributed by atoms with van der Waals surface area (Å²) in [6.07, 6.45) is 1.17. The van der Waals surface area contributed by atoms with Crippen LogP contribution in [0.1, 0.15) is 22.8 Å². The van der Waals surface area contributed by atoms with Crippen molar-refractivity contribution in [1.82, 2.24) is 20.2 Å². The van der Waals surface area contributed by atoms with E-state index in [-0.39, 0.29) is 17.8 Å². The molecule has 0 spiro atoms. The number of nitrogens with zero attached hydrogens (tertiary/aromatic N) is 6. The molecule has 25 heavy (non-hydrogen) atoms. The number of hydrogen-bond donors (Lipinski definition) is 1. The Kier molecular flexibility index (Phi) is 5.12. The van der Waals surface area contributed by atoms with Crippen LogP contribution in [0.2, 0.25) is 0 Å². The first-order valence-electron chi connectivity index (χ1n) is 6.90. The Morgan fingerprint density at radius 3 is 2.64 bits per heavy atom. The normalized spacial score (nSPS) is 11.2. The minimum absolute atomic E-state index is 0.0785. The molecule has 2 aromatic rings. The van der Waals surface area contributed by atoms with Gasteiger partial charge in [-0.05, 0) is 24.8 Å². The van der Waals surface area contributed by atoms with Gasteiger partial charge in [-0.25, -0.2) is 5.43 Å². The van der Waals surface area contributed by atoms with Gasteiger partial charge in [0.1, 0.15) is 0 Å². The minimum atomic E-state index is -0.727. The molecule has 1 heterocycles. The molecular weight excluding hydrogens is 334 g/mol. The third kappa shape index (κ3) is 4.40. The number of aromatic nitrogens is 3. The molecule has 12 heteroatoms. The van der Waals surface area contributed by atoms with Gasteiger partial charge in [0.05, 0.1) is 17.2 Å². The van der Waals surface area contributed by atoms with Crippen molar-refractivity contribution >= 4 is 23.3 Å². The number of hydrogen-bond acceptors (Lipinski definition) is 8. The first kappa shape index (κ1) is 17.7. The Bertz CT molecular complexity index is 873. The van der Waals surface area contributed by atoms with Crippen LogP contribution < -0.4 is 5.43 Å². The second kappa shape index (κ2) is 7.25. The third-order valence-corrected chi connectivity index (χ3v) is 3.09. The SMILES string of the molecule is C/C(Cn1cnc([N+](=O)[O-])n1)=N/NC(=O)c1ccc(C)c([N+](=O)[O-])c1. The second-order valence-electron chi connectivity index (χ2n) is 5.05. The molecule has 2 rings (SSSR count). The van der Waals surface area contributed by atoms with Gasteiger partial charge >= 0.3 is 5.95 Å². The highest BCUT2D eigenvalue weighted by Gasteiger charge is 2.15. The summed E-state index contributed by atoms with van der Waals surface area (Å²) in [5.41, 5.74) is 3.03. The fraction of sp³-hybridized carbons (Fsp3) is 0.231. The fourth-order valence-electron chi connectivity index (χ4n) is 1.87. The molecule has 1 aromatic heterocycles. The lowest BCUT2D eigenvalue weighted by atomic mass is 10.1. The summed E-state index contributed by atoms with van der Waals surface area (Å²) in [6, 6.07) is 4.08. The van der Waals surface area contributed by atoms with Gasteiger partial charge in [-0.3, -0.25) is 14.9 Å². The Balaban J connectivity index is 2.04. The number of nitro groups is 2. The van der Waals surface area contributed by atoms with Crippen molar-refractivity contribution in [1.29, 1.82) is 0 Å². The summed E-state index contributed by atoms with van der Waals surface area (Å²) in [7, 11) is 0. The molecule has 0 atom stereocenters. The zero-order chi connectivity index (χ0) is 18.6. The Morgan fingerprint density at radius 1 is 1.32 bits per heavy atom. The maximum atomic E-state index is 12.0. The molecule has 0 unspecified atom stereocenters. The van der Waals surface area contributed by atoms with E-state index in [0.29, 0.717) is 11.3 Å². The summed E-state index contributed by atoms with van der Waals surface area (Å²) in [5.74, 6) is -1.16. The predicted molar refractivity (Wildman–Crippen MR) is 85.1 cm³/mol. The van der Waals surface area contributed by atoms with Gasteiger partial charge < -0.3 is 10.1 Å². The highest BCUT2D eigenvalue weighted by molar-refractivity contribution is 5.95. The molecule has 0 aliphatic heterocycles. The molecule has 130 valence electrons. The zero-order valence-electron chi connectivity index (χ0n) is 13.2. The molecule has 1 N–H and O–H groups in total. The van der Waals surface area contributed by atoms with Crippen LogP contribution in [0, 0.1) is 27.2 Å². The number of carbonyl (C=O) groups is 1. The summed E-state index contributed by atoms with van der Waals surface area (Å²) in [6.45, 7) is 3.22. The van der Waals surface area contributed by atoms with Crippen molar-refractivity contribution in [2.75, 3.05) is 0 Å². The largest absolute Gasteiger partial charge is 0.490 e. The Labute approximate surface area is 140 Å². The lowest BCUT2D eigenvalue weighted by Gasteiger charge is -2.03. The van der Waals surface area contributed by atoms with Crippen molar-refractivity contribution in [3.05, 3.63) is 55.9 Å². The van der Waals surface area contributed by atoms with Crippen LogP contribution in [0.3, 0.4) is 0 Å². The number of benzene rings is 1. The van der Waals surface area contributed by atoms with E-state index in [9.17, 15) is 25.0 Å². The van der Waals surface area contributed by atoms with Gasteiger partial charge in [0.2, 0.25) is 6.33 Å².